The highest BCUT2D eigenvalue weighted by molar-refractivity contribution is 5.79. The van der Waals surface area contributed by atoms with E-state index in [0.717, 1.165) is 19.4 Å². The summed E-state index contributed by atoms with van der Waals surface area (Å²) in [4.78, 5) is 14.6. The summed E-state index contributed by atoms with van der Waals surface area (Å²) in [5.41, 5.74) is 0. The first-order valence-corrected chi connectivity index (χ1v) is 8.30. The summed E-state index contributed by atoms with van der Waals surface area (Å²) in [6.45, 7) is 9.25. The van der Waals surface area contributed by atoms with Gasteiger partial charge in [0, 0.05) is 18.6 Å². The van der Waals surface area contributed by atoms with Crippen LogP contribution in [0.3, 0.4) is 0 Å². The van der Waals surface area contributed by atoms with Crippen molar-refractivity contribution in [2.75, 3.05) is 40.4 Å². The van der Waals surface area contributed by atoms with Crippen molar-refractivity contribution in [2.24, 2.45) is 11.8 Å². The maximum absolute atomic E-state index is 12.4. The summed E-state index contributed by atoms with van der Waals surface area (Å²) in [5, 5.41) is 6.48. The van der Waals surface area contributed by atoms with E-state index >= 15 is 0 Å². The molecule has 0 aromatic carbocycles. The standard InChI is InChI=1S/C16H33N3O2/c1-6-12(7-2)15(19(4)5)9-18-16(20)13-10-21-11-14(13)17-8-3/h12-15,17H,6-11H2,1-5H3,(H,18,20). The van der Waals surface area contributed by atoms with Crippen molar-refractivity contribution in [2.45, 2.75) is 45.7 Å². The topological polar surface area (TPSA) is 53.6 Å². The summed E-state index contributed by atoms with van der Waals surface area (Å²) in [6.07, 6.45) is 2.28. The number of amides is 1. The van der Waals surface area contributed by atoms with Crippen LogP contribution in [0.1, 0.15) is 33.6 Å². The Kier molecular flexibility index (Phi) is 8.22. The fraction of sp³-hybridized carbons (Fsp3) is 0.938. The number of hydrogen-bond acceptors (Lipinski definition) is 4. The van der Waals surface area contributed by atoms with Gasteiger partial charge in [0.15, 0.2) is 0 Å². The third kappa shape index (κ3) is 5.24. The predicted molar refractivity (Wildman–Crippen MR) is 86.3 cm³/mol. The molecule has 3 unspecified atom stereocenters. The largest absolute Gasteiger partial charge is 0.379 e. The number of carbonyl (C=O) groups is 1. The lowest BCUT2D eigenvalue weighted by Crippen LogP contribution is -2.49. The van der Waals surface area contributed by atoms with Gasteiger partial charge in [-0.3, -0.25) is 4.79 Å². The Bertz CT molecular complexity index is 306. The second kappa shape index (κ2) is 9.38. The van der Waals surface area contributed by atoms with E-state index in [-0.39, 0.29) is 17.9 Å². The lowest BCUT2D eigenvalue weighted by Gasteiger charge is -2.32. The van der Waals surface area contributed by atoms with Gasteiger partial charge in [-0.1, -0.05) is 33.6 Å². The second-order valence-electron chi connectivity index (χ2n) is 6.16. The zero-order valence-corrected chi connectivity index (χ0v) is 14.3. The molecule has 0 aliphatic carbocycles. The molecular formula is C16H33N3O2. The molecule has 1 aliphatic rings. The van der Waals surface area contributed by atoms with Gasteiger partial charge in [-0.15, -0.1) is 0 Å². The number of rotatable bonds is 9. The van der Waals surface area contributed by atoms with E-state index in [9.17, 15) is 4.79 Å². The van der Waals surface area contributed by atoms with E-state index < -0.39 is 0 Å². The third-order valence-electron chi connectivity index (χ3n) is 4.63. The first-order chi connectivity index (χ1) is 10.0. The van der Waals surface area contributed by atoms with Gasteiger partial charge in [-0.2, -0.15) is 0 Å². The van der Waals surface area contributed by atoms with Gasteiger partial charge >= 0.3 is 0 Å². The molecule has 0 aromatic rings. The Hall–Kier alpha value is -0.650. The zero-order valence-electron chi connectivity index (χ0n) is 14.3. The third-order valence-corrected chi connectivity index (χ3v) is 4.63. The highest BCUT2D eigenvalue weighted by Crippen LogP contribution is 2.17. The van der Waals surface area contributed by atoms with Gasteiger partial charge in [0.2, 0.25) is 5.91 Å². The van der Waals surface area contributed by atoms with Gasteiger partial charge in [-0.25, -0.2) is 0 Å². The summed E-state index contributed by atoms with van der Waals surface area (Å²) in [6, 6.07) is 0.546. The van der Waals surface area contributed by atoms with Crippen molar-refractivity contribution in [3.05, 3.63) is 0 Å². The van der Waals surface area contributed by atoms with E-state index in [1.165, 1.54) is 0 Å². The smallest absolute Gasteiger partial charge is 0.227 e. The minimum absolute atomic E-state index is 0.0607. The van der Waals surface area contributed by atoms with Crippen LogP contribution in [-0.4, -0.2) is 63.3 Å². The first-order valence-electron chi connectivity index (χ1n) is 8.30. The number of hydrogen-bond donors (Lipinski definition) is 2. The molecule has 1 saturated heterocycles. The average molecular weight is 299 g/mol. The molecule has 5 heteroatoms. The molecule has 124 valence electrons. The fourth-order valence-electron chi connectivity index (χ4n) is 3.22. The van der Waals surface area contributed by atoms with Crippen LogP contribution in [-0.2, 0) is 9.53 Å². The first kappa shape index (κ1) is 18.4. The molecular weight excluding hydrogens is 266 g/mol. The van der Waals surface area contributed by atoms with E-state index in [2.05, 4.69) is 50.4 Å². The Morgan fingerprint density at radius 3 is 2.43 bits per heavy atom. The van der Waals surface area contributed by atoms with Crippen LogP contribution < -0.4 is 10.6 Å². The van der Waals surface area contributed by atoms with Gasteiger partial charge in [0.05, 0.1) is 19.1 Å². The van der Waals surface area contributed by atoms with Crippen molar-refractivity contribution >= 4 is 5.91 Å². The Morgan fingerprint density at radius 1 is 1.24 bits per heavy atom. The normalized spacial score (nSPS) is 23.8. The summed E-state index contributed by atoms with van der Waals surface area (Å²) in [7, 11) is 4.19. The SMILES string of the molecule is CCNC1COCC1C(=O)NCC(C(CC)CC)N(C)C. The molecule has 0 aromatic heterocycles. The van der Waals surface area contributed by atoms with Gasteiger partial charge in [0.25, 0.3) is 0 Å². The van der Waals surface area contributed by atoms with Crippen molar-refractivity contribution in [3.63, 3.8) is 0 Å². The molecule has 1 amide bonds. The van der Waals surface area contributed by atoms with Gasteiger partial charge < -0.3 is 20.3 Å². The molecule has 3 atom stereocenters. The molecule has 0 radical (unpaired) electrons. The monoisotopic (exact) mass is 299 g/mol. The number of nitrogens with zero attached hydrogens (tertiary/aromatic N) is 1. The van der Waals surface area contributed by atoms with Crippen LogP contribution in [0.25, 0.3) is 0 Å². The summed E-state index contributed by atoms with van der Waals surface area (Å²) in [5.74, 6) is 0.676. The van der Waals surface area contributed by atoms with Crippen LogP contribution in [0.5, 0.6) is 0 Å². The van der Waals surface area contributed by atoms with Crippen molar-refractivity contribution in [1.82, 2.24) is 15.5 Å². The molecule has 1 rings (SSSR count). The number of nitrogens with one attached hydrogen (secondary N) is 2. The van der Waals surface area contributed by atoms with Crippen molar-refractivity contribution in [3.8, 4) is 0 Å². The maximum Gasteiger partial charge on any atom is 0.227 e. The van der Waals surface area contributed by atoms with E-state index in [0.29, 0.717) is 31.7 Å². The minimum atomic E-state index is -0.0607. The quantitative estimate of drug-likeness (QED) is 0.669. The number of ether oxygens (including phenoxy) is 1. The van der Waals surface area contributed by atoms with Crippen LogP contribution in [0, 0.1) is 11.8 Å². The Labute approximate surface area is 129 Å². The van der Waals surface area contributed by atoms with Crippen LogP contribution in [0.4, 0.5) is 0 Å². The van der Waals surface area contributed by atoms with Gasteiger partial charge in [-0.05, 0) is 26.6 Å². The highest BCUT2D eigenvalue weighted by Gasteiger charge is 2.34. The van der Waals surface area contributed by atoms with E-state index in [1.807, 2.05) is 0 Å². The molecule has 0 spiro atoms. The molecule has 21 heavy (non-hydrogen) atoms. The number of likely N-dealkylation sites (N-methyl/N-ethyl adjacent to an activating group) is 2. The fourth-order valence-corrected chi connectivity index (χ4v) is 3.22. The molecule has 0 bridgehead atoms. The molecule has 1 heterocycles. The summed E-state index contributed by atoms with van der Waals surface area (Å²) >= 11 is 0. The average Bonchev–Trinajstić information content (AvgIpc) is 2.91. The predicted octanol–water partition coefficient (Wildman–Crippen LogP) is 1.09. The molecule has 0 saturated carbocycles. The van der Waals surface area contributed by atoms with Gasteiger partial charge in [0.1, 0.15) is 0 Å². The molecule has 1 aliphatic heterocycles. The van der Waals surface area contributed by atoms with Crippen molar-refractivity contribution in [1.29, 1.82) is 0 Å². The van der Waals surface area contributed by atoms with Crippen LogP contribution in [0.15, 0.2) is 0 Å². The number of carbonyl (C=O) groups excluding carboxylic acids is 1. The van der Waals surface area contributed by atoms with Crippen molar-refractivity contribution < 1.29 is 9.53 Å². The maximum atomic E-state index is 12.4. The second-order valence-corrected chi connectivity index (χ2v) is 6.16. The highest BCUT2D eigenvalue weighted by atomic mass is 16.5. The molecule has 5 nitrogen and oxygen atoms in total. The minimum Gasteiger partial charge on any atom is -0.379 e. The van der Waals surface area contributed by atoms with Crippen LogP contribution >= 0.6 is 0 Å². The van der Waals surface area contributed by atoms with E-state index in [1.54, 1.807) is 0 Å². The lowest BCUT2D eigenvalue weighted by molar-refractivity contribution is -0.125. The van der Waals surface area contributed by atoms with Crippen LogP contribution in [0.2, 0.25) is 0 Å². The zero-order chi connectivity index (χ0) is 15.8. The lowest BCUT2D eigenvalue weighted by atomic mass is 9.93. The Balaban J connectivity index is 2.53. The molecule has 2 N–H and O–H groups in total. The summed E-state index contributed by atoms with van der Waals surface area (Å²) < 4.78 is 5.45. The molecule has 1 fully saturated rings. The Morgan fingerprint density at radius 2 is 1.90 bits per heavy atom. The van der Waals surface area contributed by atoms with E-state index in [4.69, 9.17) is 4.74 Å².